The molecule has 1 nitrogen and oxygen atoms in total. The predicted molar refractivity (Wildman–Crippen MR) is 93.5 cm³/mol. The molecule has 0 atom stereocenters. The fourth-order valence-corrected chi connectivity index (χ4v) is 3.26. The molecule has 2 heteroatoms. The van der Waals surface area contributed by atoms with Crippen LogP contribution >= 0.6 is 0 Å². The molecule has 0 aromatic rings. The molecular formula is C18H39OSi. The molecule has 0 saturated heterocycles. The standard InChI is InChI=1S/C18H39OSi/c1-18(2,3)16-14-12-10-8-6-4-5-7-9-11-13-15-17-20-19/h4-17,20H2,1-3H3. The van der Waals surface area contributed by atoms with E-state index in [0.717, 1.165) is 6.04 Å². The number of unbranched alkanes of at least 4 members (excludes halogenated alkanes) is 11. The van der Waals surface area contributed by atoms with Crippen LogP contribution in [0.3, 0.4) is 0 Å². The maximum atomic E-state index is 10.4. The van der Waals surface area contributed by atoms with Crippen molar-refractivity contribution in [3.05, 3.63) is 0 Å². The predicted octanol–water partition coefficient (Wildman–Crippen LogP) is 6.04. The first-order valence-corrected chi connectivity index (χ1v) is 10.7. The van der Waals surface area contributed by atoms with E-state index in [2.05, 4.69) is 20.8 Å². The van der Waals surface area contributed by atoms with Gasteiger partial charge in [-0.2, -0.15) is 0 Å². The average Bonchev–Trinajstić information content (AvgIpc) is 2.38. The van der Waals surface area contributed by atoms with Gasteiger partial charge in [0, 0.05) is 0 Å². The Bertz CT molecular complexity index is 186. The Hall–Kier alpha value is 0.177. The van der Waals surface area contributed by atoms with Crippen LogP contribution in [0.2, 0.25) is 6.04 Å². The van der Waals surface area contributed by atoms with Gasteiger partial charge < -0.3 is 4.80 Å². The zero-order chi connectivity index (χ0) is 15.1. The van der Waals surface area contributed by atoms with Crippen molar-refractivity contribution in [2.75, 3.05) is 0 Å². The molecule has 1 radical (unpaired) electrons. The zero-order valence-corrected chi connectivity index (χ0v) is 15.9. The number of hydrogen-bond acceptors (Lipinski definition) is 0. The van der Waals surface area contributed by atoms with E-state index in [-0.39, 0.29) is 0 Å². The molecular weight excluding hydrogens is 260 g/mol. The van der Waals surface area contributed by atoms with E-state index >= 15 is 0 Å². The highest BCUT2D eigenvalue weighted by Crippen LogP contribution is 2.22. The molecule has 0 bridgehead atoms. The van der Waals surface area contributed by atoms with Gasteiger partial charge in [0.2, 0.25) is 9.76 Å². The van der Waals surface area contributed by atoms with Crippen molar-refractivity contribution in [1.82, 2.24) is 0 Å². The minimum Gasteiger partial charge on any atom is -0.306 e. The molecule has 0 aromatic heterocycles. The Balaban J connectivity index is 2.99. The molecule has 0 amide bonds. The summed E-state index contributed by atoms with van der Waals surface area (Å²) in [6.45, 7) is 7.03. The van der Waals surface area contributed by atoms with E-state index in [4.69, 9.17) is 0 Å². The highest BCUT2D eigenvalue weighted by Gasteiger charge is 2.08. The van der Waals surface area contributed by atoms with Crippen molar-refractivity contribution in [3.63, 3.8) is 0 Å². The Morgan fingerprint density at radius 3 is 1.30 bits per heavy atom. The first-order chi connectivity index (χ1) is 9.56. The van der Waals surface area contributed by atoms with Crippen LogP contribution in [-0.4, -0.2) is 9.76 Å². The minimum atomic E-state index is -0.904. The van der Waals surface area contributed by atoms with Gasteiger partial charge in [-0.05, 0) is 17.9 Å². The topological polar surface area (TPSA) is 19.9 Å². The minimum absolute atomic E-state index is 0.524. The van der Waals surface area contributed by atoms with E-state index in [1.54, 1.807) is 0 Å². The van der Waals surface area contributed by atoms with Crippen molar-refractivity contribution in [1.29, 1.82) is 0 Å². The fraction of sp³-hybridized carbons (Fsp3) is 1.00. The van der Waals surface area contributed by atoms with E-state index in [1.165, 1.54) is 83.5 Å². The summed E-state index contributed by atoms with van der Waals surface area (Å²) in [6.07, 6.45) is 18.1. The second-order valence-electron chi connectivity index (χ2n) is 7.61. The van der Waals surface area contributed by atoms with Gasteiger partial charge in [-0.3, -0.25) is 0 Å². The quantitative estimate of drug-likeness (QED) is 0.275. The third kappa shape index (κ3) is 18.2. The van der Waals surface area contributed by atoms with Gasteiger partial charge in [0.05, 0.1) is 0 Å². The van der Waals surface area contributed by atoms with Gasteiger partial charge in [-0.1, -0.05) is 97.8 Å². The van der Waals surface area contributed by atoms with Crippen LogP contribution in [0.4, 0.5) is 0 Å². The van der Waals surface area contributed by atoms with E-state index < -0.39 is 9.76 Å². The fourth-order valence-electron chi connectivity index (χ4n) is 2.70. The first-order valence-electron chi connectivity index (χ1n) is 9.14. The van der Waals surface area contributed by atoms with Crippen LogP contribution in [-0.2, 0) is 4.80 Å². The summed E-state index contributed by atoms with van der Waals surface area (Å²) >= 11 is 0. The maximum Gasteiger partial charge on any atom is 0.207 e. The summed E-state index contributed by atoms with van der Waals surface area (Å²) in [7, 11) is -0.904. The average molecular weight is 300 g/mol. The molecule has 0 rings (SSSR count). The third-order valence-electron chi connectivity index (χ3n) is 4.07. The second-order valence-corrected chi connectivity index (χ2v) is 8.73. The van der Waals surface area contributed by atoms with Crippen molar-refractivity contribution < 1.29 is 4.80 Å². The van der Waals surface area contributed by atoms with E-state index in [9.17, 15) is 4.80 Å². The lowest BCUT2D eigenvalue weighted by atomic mass is 9.89. The summed E-state index contributed by atoms with van der Waals surface area (Å²) in [5.41, 5.74) is 0.524. The third-order valence-corrected chi connectivity index (χ3v) is 4.86. The largest absolute Gasteiger partial charge is 0.306 e. The summed E-state index contributed by atoms with van der Waals surface area (Å²) in [5, 5.41) is 0. The van der Waals surface area contributed by atoms with Gasteiger partial charge >= 0.3 is 0 Å². The molecule has 0 aliphatic heterocycles. The molecule has 0 N–H and O–H groups in total. The second kappa shape index (κ2) is 14.1. The first kappa shape index (κ1) is 20.2. The van der Waals surface area contributed by atoms with Gasteiger partial charge in [0.25, 0.3) is 0 Å². The lowest BCUT2D eigenvalue weighted by Gasteiger charge is -2.17. The van der Waals surface area contributed by atoms with Crippen LogP contribution in [0.1, 0.15) is 104 Å². The molecule has 20 heavy (non-hydrogen) atoms. The van der Waals surface area contributed by atoms with Gasteiger partial charge in [0.1, 0.15) is 0 Å². The molecule has 0 saturated carbocycles. The van der Waals surface area contributed by atoms with Crippen molar-refractivity contribution in [2.45, 2.75) is 110 Å². The summed E-state index contributed by atoms with van der Waals surface area (Å²) in [4.78, 5) is 10.4. The SMILES string of the molecule is CC(C)(C)CCCCCCCCCCCCCC[SiH2][O]. The zero-order valence-electron chi connectivity index (χ0n) is 14.5. The molecule has 121 valence electrons. The Morgan fingerprint density at radius 2 is 0.950 bits per heavy atom. The Kier molecular flexibility index (Phi) is 14.3. The lowest BCUT2D eigenvalue weighted by Crippen LogP contribution is -2.03. The number of rotatable bonds is 14. The highest BCUT2D eigenvalue weighted by molar-refractivity contribution is 6.24. The van der Waals surface area contributed by atoms with E-state index in [1.807, 2.05) is 0 Å². The maximum absolute atomic E-state index is 10.4. The van der Waals surface area contributed by atoms with Crippen LogP contribution in [0.25, 0.3) is 0 Å². The lowest BCUT2D eigenvalue weighted by molar-refractivity contribution is 0.356. The van der Waals surface area contributed by atoms with Crippen LogP contribution in [0.5, 0.6) is 0 Å². The normalized spacial score (nSPS) is 12.6. The molecule has 0 spiro atoms. The molecule has 0 aliphatic rings. The van der Waals surface area contributed by atoms with Crippen LogP contribution < -0.4 is 0 Å². The monoisotopic (exact) mass is 299 g/mol. The van der Waals surface area contributed by atoms with Crippen LogP contribution in [0.15, 0.2) is 0 Å². The summed E-state index contributed by atoms with van der Waals surface area (Å²) in [6, 6.07) is 1.02. The summed E-state index contributed by atoms with van der Waals surface area (Å²) in [5.74, 6) is 0. The number of hydrogen-bond donors (Lipinski definition) is 0. The highest BCUT2D eigenvalue weighted by atomic mass is 28.2. The molecule has 0 aliphatic carbocycles. The Morgan fingerprint density at radius 1 is 0.600 bits per heavy atom. The molecule has 0 aromatic carbocycles. The van der Waals surface area contributed by atoms with Gasteiger partial charge in [-0.25, -0.2) is 0 Å². The molecule has 0 fully saturated rings. The van der Waals surface area contributed by atoms with Crippen molar-refractivity contribution in [2.24, 2.45) is 5.41 Å². The van der Waals surface area contributed by atoms with E-state index in [0.29, 0.717) is 5.41 Å². The smallest absolute Gasteiger partial charge is 0.207 e. The van der Waals surface area contributed by atoms with Crippen molar-refractivity contribution in [3.8, 4) is 0 Å². The molecule has 0 heterocycles. The summed E-state index contributed by atoms with van der Waals surface area (Å²) < 4.78 is 0. The Labute approximate surface area is 130 Å². The molecule has 0 unspecified atom stereocenters. The van der Waals surface area contributed by atoms with Gasteiger partial charge in [-0.15, -0.1) is 0 Å². The van der Waals surface area contributed by atoms with Gasteiger partial charge in [0.15, 0.2) is 0 Å². The van der Waals surface area contributed by atoms with Crippen LogP contribution in [0, 0.1) is 5.41 Å². The van der Waals surface area contributed by atoms with Crippen molar-refractivity contribution >= 4 is 9.76 Å².